The van der Waals surface area contributed by atoms with Gasteiger partial charge in [-0.1, -0.05) is 13.2 Å². The SMILES string of the molecule is C=C1C(=O)OC2C1CC(OC(=O)C(C)(O)CCl)C(=C)C1CC(O)C3(CO3)C12. The van der Waals surface area contributed by atoms with E-state index in [0.29, 0.717) is 24.2 Å². The van der Waals surface area contributed by atoms with E-state index in [1.165, 1.54) is 6.92 Å². The summed E-state index contributed by atoms with van der Waals surface area (Å²) in [5, 5.41) is 20.6. The number of hydrogen-bond acceptors (Lipinski definition) is 7. The van der Waals surface area contributed by atoms with Crippen LogP contribution in [-0.2, 0) is 23.8 Å². The van der Waals surface area contributed by atoms with Crippen LogP contribution in [0.15, 0.2) is 24.3 Å². The zero-order valence-electron chi connectivity index (χ0n) is 15.0. The Hall–Kier alpha value is -1.41. The minimum atomic E-state index is -1.83. The van der Waals surface area contributed by atoms with Gasteiger partial charge in [-0.3, -0.25) is 0 Å². The number of aliphatic hydroxyl groups is 2. The lowest BCUT2D eigenvalue weighted by molar-refractivity contribution is -0.166. The Bertz CT molecular complexity index is 726. The Morgan fingerprint density at radius 1 is 1.41 bits per heavy atom. The molecule has 0 amide bonds. The summed E-state index contributed by atoms with van der Waals surface area (Å²) in [6.45, 7) is 9.65. The van der Waals surface area contributed by atoms with Gasteiger partial charge < -0.3 is 24.4 Å². The van der Waals surface area contributed by atoms with Crippen molar-refractivity contribution in [1.82, 2.24) is 0 Å². The molecule has 8 heteroatoms. The molecule has 27 heavy (non-hydrogen) atoms. The predicted octanol–water partition coefficient (Wildman–Crippen LogP) is 0.712. The quantitative estimate of drug-likeness (QED) is 0.237. The molecule has 0 bridgehead atoms. The number of esters is 2. The van der Waals surface area contributed by atoms with E-state index in [-0.39, 0.29) is 30.1 Å². The first-order valence-electron chi connectivity index (χ1n) is 9.02. The summed E-state index contributed by atoms with van der Waals surface area (Å²) >= 11 is 5.66. The molecule has 4 aliphatic rings. The van der Waals surface area contributed by atoms with Gasteiger partial charge in [0.2, 0.25) is 0 Å². The number of carbonyl (C=O) groups excluding carboxylic acids is 2. The third-order valence-electron chi connectivity index (χ3n) is 6.53. The van der Waals surface area contributed by atoms with E-state index in [1.54, 1.807) is 0 Å². The Balaban J connectivity index is 1.68. The zero-order valence-corrected chi connectivity index (χ0v) is 15.8. The number of hydrogen-bond donors (Lipinski definition) is 2. The van der Waals surface area contributed by atoms with Crippen LogP contribution in [0.1, 0.15) is 19.8 Å². The van der Waals surface area contributed by atoms with E-state index >= 15 is 0 Å². The summed E-state index contributed by atoms with van der Waals surface area (Å²) in [5.74, 6) is -2.54. The zero-order chi connectivity index (χ0) is 19.7. The largest absolute Gasteiger partial charge is 0.458 e. The second-order valence-electron chi connectivity index (χ2n) is 8.24. The number of carbonyl (C=O) groups is 2. The fraction of sp³-hybridized carbons (Fsp3) is 0.684. The van der Waals surface area contributed by atoms with Gasteiger partial charge in [0.15, 0.2) is 5.60 Å². The van der Waals surface area contributed by atoms with E-state index in [9.17, 15) is 19.8 Å². The van der Waals surface area contributed by atoms with Gasteiger partial charge in [0.05, 0.1) is 18.6 Å². The topological polar surface area (TPSA) is 106 Å². The monoisotopic (exact) mass is 398 g/mol. The van der Waals surface area contributed by atoms with Crippen molar-refractivity contribution in [3.63, 3.8) is 0 Å². The van der Waals surface area contributed by atoms with E-state index < -0.39 is 41.5 Å². The normalized spacial score (nSPS) is 45.0. The van der Waals surface area contributed by atoms with Crippen LogP contribution in [0.2, 0.25) is 0 Å². The summed E-state index contributed by atoms with van der Waals surface area (Å²) in [6, 6.07) is 0. The van der Waals surface area contributed by atoms with Gasteiger partial charge in [-0.25, -0.2) is 9.59 Å². The molecular weight excluding hydrogens is 376 g/mol. The van der Waals surface area contributed by atoms with Gasteiger partial charge in [-0.2, -0.15) is 0 Å². The Morgan fingerprint density at radius 2 is 2.07 bits per heavy atom. The van der Waals surface area contributed by atoms with Crippen molar-refractivity contribution in [2.24, 2.45) is 17.8 Å². The molecule has 0 radical (unpaired) electrons. The molecule has 8 atom stereocenters. The minimum Gasteiger partial charge on any atom is -0.458 e. The maximum Gasteiger partial charge on any atom is 0.339 e. The Morgan fingerprint density at radius 3 is 2.67 bits per heavy atom. The highest BCUT2D eigenvalue weighted by atomic mass is 35.5. The maximum atomic E-state index is 12.4. The van der Waals surface area contributed by atoms with Crippen LogP contribution in [-0.4, -0.2) is 64.2 Å². The number of rotatable bonds is 3. The lowest BCUT2D eigenvalue weighted by atomic mass is 9.79. The molecule has 2 heterocycles. The summed E-state index contributed by atoms with van der Waals surface area (Å²) in [7, 11) is 0. The molecule has 8 unspecified atom stereocenters. The molecular formula is C19H23ClO7. The first kappa shape index (κ1) is 18.9. The summed E-state index contributed by atoms with van der Waals surface area (Å²) in [6.07, 6.45) is -1.31. The van der Waals surface area contributed by atoms with Crippen LogP contribution in [0.5, 0.6) is 0 Å². The first-order chi connectivity index (χ1) is 12.6. The number of ether oxygens (including phenoxy) is 3. The molecule has 2 saturated heterocycles. The van der Waals surface area contributed by atoms with Crippen LogP contribution < -0.4 is 0 Å². The number of aliphatic hydroxyl groups excluding tert-OH is 1. The molecule has 0 aromatic heterocycles. The molecule has 2 saturated carbocycles. The van der Waals surface area contributed by atoms with Gasteiger partial charge >= 0.3 is 11.9 Å². The molecule has 2 aliphatic heterocycles. The van der Waals surface area contributed by atoms with Gasteiger partial charge in [0, 0.05) is 17.4 Å². The highest BCUT2D eigenvalue weighted by Gasteiger charge is 2.70. The second kappa shape index (κ2) is 6.04. The number of halogens is 1. The van der Waals surface area contributed by atoms with Crippen molar-refractivity contribution >= 4 is 23.5 Å². The van der Waals surface area contributed by atoms with Crippen molar-refractivity contribution in [3.05, 3.63) is 24.3 Å². The van der Waals surface area contributed by atoms with E-state index in [4.69, 9.17) is 25.8 Å². The highest BCUT2D eigenvalue weighted by molar-refractivity contribution is 6.20. The summed E-state index contributed by atoms with van der Waals surface area (Å²) in [5.41, 5.74) is -1.64. The molecule has 1 spiro atoms. The molecule has 7 nitrogen and oxygen atoms in total. The van der Waals surface area contributed by atoms with E-state index in [1.807, 2.05) is 0 Å². The molecule has 0 aromatic rings. The van der Waals surface area contributed by atoms with Crippen LogP contribution in [0, 0.1) is 17.8 Å². The molecule has 0 aromatic carbocycles. The van der Waals surface area contributed by atoms with Crippen LogP contribution >= 0.6 is 11.6 Å². The van der Waals surface area contributed by atoms with Crippen LogP contribution in [0.4, 0.5) is 0 Å². The average Bonchev–Trinajstić information content (AvgIpc) is 3.32. The van der Waals surface area contributed by atoms with Crippen molar-refractivity contribution in [1.29, 1.82) is 0 Å². The van der Waals surface area contributed by atoms with Crippen molar-refractivity contribution in [2.45, 2.75) is 49.3 Å². The number of fused-ring (bicyclic) bond motifs is 4. The first-order valence-corrected chi connectivity index (χ1v) is 9.55. The molecule has 4 rings (SSSR count). The van der Waals surface area contributed by atoms with Crippen molar-refractivity contribution < 1.29 is 34.0 Å². The fourth-order valence-electron chi connectivity index (χ4n) is 4.79. The average molecular weight is 399 g/mol. The van der Waals surface area contributed by atoms with Crippen LogP contribution in [0.25, 0.3) is 0 Å². The standard InChI is InChI=1S/C19H23ClO7/c1-8-10-5-13(21)19(7-25-19)14(10)15-11(9(2)16(22)27-15)4-12(8)26-17(23)18(3,24)6-20/h10-15,21,24H,1-2,4-7H2,3H3. The molecule has 2 N–H and O–H groups in total. The third-order valence-corrected chi connectivity index (χ3v) is 7.05. The molecule has 148 valence electrons. The predicted molar refractivity (Wildman–Crippen MR) is 93.8 cm³/mol. The van der Waals surface area contributed by atoms with Crippen LogP contribution in [0.3, 0.4) is 0 Å². The summed E-state index contributed by atoms with van der Waals surface area (Å²) < 4.78 is 16.8. The number of alkyl halides is 1. The lowest BCUT2D eigenvalue weighted by Gasteiger charge is -2.28. The maximum absolute atomic E-state index is 12.4. The van der Waals surface area contributed by atoms with Gasteiger partial charge in [0.1, 0.15) is 17.8 Å². The Labute approximate surface area is 161 Å². The van der Waals surface area contributed by atoms with E-state index in [0.717, 1.165) is 0 Å². The fourth-order valence-corrected chi connectivity index (χ4v) is 4.90. The highest BCUT2D eigenvalue weighted by Crippen LogP contribution is 2.60. The minimum absolute atomic E-state index is 0.241. The van der Waals surface area contributed by atoms with Gasteiger partial charge in [0.25, 0.3) is 0 Å². The third kappa shape index (κ3) is 2.67. The second-order valence-corrected chi connectivity index (χ2v) is 8.51. The molecule has 4 fully saturated rings. The lowest BCUT2D eigenvalue weighted by Crippen LogP contribution is -2.41. The summed E-state index contributed by atoms with van der Waals surface area (Å²) in [4.78, 5) is 24.5. The van der Waals surface area contributed by atoms with Gasteiger partial charge in [-0.05, 0) is 31.3 Å². The smallest absolute Gasteiger partial charge is 0.339 e. The van der Waals surface area contributed by atoms with Crippen molar-refractivity contribution in [3.8, 4) is 0 Å². The van der Waals surface area contributed by atoms with E-state index in [2.05, 4.69) is 13.2 Å². The number of epoxide rings is 1. The van der Waals surface area contributed by atoms with Crippen molar-refractivity contribution in [2.75, 3.05) is 12.5 Å². The van der Waals surface area contributed by atoms with Gasteiger partial charge in [-0.15, -0.1) is 11.6 Å². The molecule has 2 aliphatic carbocycles. The Kier molecular flexibility index (Phi) is 4.24.